The Morgan fingerprint density at radius 2 is 2.00 bits per heavy atom. The van der Waals surface area contributed by atoms with Gasteiger partial charge in [0.2, 0.25) is 0 Å². The molecule has 3 heterocycles. The summed E-state index contributed by atoms with van der Waals surface area (Å²) in [6.45, 7) is 0. The zero-order valence-electron chi connectivity index (χ0n) is 13.0. The molecule has 1 aliphatic rings. The fourth-order valence-corrected chi connectivity index (χ4v) is 2.66. The summed E-state index contributed by atoms with van der Waals surface area (Å²) >= 11 is 0. The number of hydrogen-bond donors (Lipinski definition) is 2. The maximum atomic E-state index is 11.1. The summed E-state index contributed by atoms with van der Waals surface area (Å²) < 4.78 is 0. The van der Waals surface area contributed by atoms with Gasteiger partial charge in [0.1, 0.15) is 24.5 Å². The molecule has 0 radical (unpaired) electrons. The van der Waals surface area contributed by atoms with Crippen LogP contribution in [0.3, 0.4) is 0 Å². The second-order valence-electron chi connectivity index (χ2n) is 5.38. The molecule has 0 bridgehead atoms. The van der Waals surface area contributed by atoms with Crippen molar-refractivity contribution in [1.29, 1.82) is 0 Å². The Hall–Kier alpha value is -3.07. The van der Waals surface area contributed by atoms with E-state index in [0.717, 1.165) is 11.4 Å². The van der Waals surface area contributed by atoms with Crippen LogP contribution in [0.4, 0.5) is 5.82 Å². The number of aromatic nitrogens is 4. The molecule has 3 N–H and O–H groups in total. The maximum Gasteiger partial charge on any atom is 0.320 e. The third kappa shape index (κ3) is 3.01. The summed E-state index contributed by atoms with van der Waals surface area (Å²) in [6, 6.07) is 2.56. The maximum absolute atomic E-state index is 11.1. The highest BCUT2D eigenvalue weighted by molar-refractivity contribution is 5.74. The first-order valence-corrected chi connectivity index (χ1v) is 7.30. The number of nitrogens with zero attached hydrogens (tertiary/aromatic N) is 6. The van der Waals surface area contributed by atoms with Crippen molar-refractivity contribution >= 4 is 11.8 Å². The van der Waals surface area contributed by atoms with Gasteiger partial charge in [0.25, 0.3) is 0 Å². The van der Waals surface area contributed by atoms with Crippen LogP contribution >= 0.6 is 0 Å². The number of carboxylic acids is 1. The van der Waals surface area contributed by atoms with E-state index in [1.165, 1.54) is 12.7 Å². The highest BCUT2D eigenvalue weighted by Crippen LogP contribution is 2.37. The van der Waals surface area contributed by atoms with Gasteiger partial charge in [0.15, 0.2) is 6.17 Å². The zero-order valence-corrected chi connectivity index (χ0v) is 13.0. The van der Waals surface area contributed by atoms with Crippen molar-refractivity contribution in [2.45, 2.75) is 18.6 Å². The summed E-state index contributed by atoms with van der Waals surface area (Å²) in [5.74, 6) is -0.409. The molecule has 0 aliphatic carbocycles. The minimum absolute atomic E-state index is 0.172. The van der Waals surface area contributed by atoms with Crippen LogP contribution in [0.15, 0.2) is 49.1 Å². The van der Waals surface area contributed by atoms with Crippen LogP contribution in [0.5, 0.6) is 0 Å². The highest BCUT2D eigenvalue weighted by Gasteiger charge is 2.35. The predicted octanol–water partition coefficient (Wildman–Crippen LogP) is 0.361. The first kappa shape index (κ1) is 15.8. The second kappa shape index (κ2) is 6.59. The first-order valence-electron chi connectivity index (χ1n) is 7.30. The molecule has 0 amide bonds. The molecule has 0 spiro atoms. The molecule has 9 nitrogen and oxygen atoms in total. The van der Waals surface area contributed by atoms with E-state index < -0.39 is 12.0 Å². The average Bonchev–Trinajstić information content (AvgIpc) is 2.92. The summed E-state index contributed by atoms with van der Waals surface area (Å²) in [5, 5.41) is 9.12. The van der Waals surface area contributed by atoms with Crippen molar-refractivity contribution in [2.24, 2.45) is 5.73 Å². The van der Waals surface area contributed by atoms with Crippen LogP contribution in [0, 0.1) is 0 Å². The normalized spacial score (nSPS) is 18.4. The molecular weight excluding hydrogens is 310 g/mol. The monoisotopic (exact) mass is 327 g/mol. The van der Waals surface area contributed by atoms with E-state index in [1.807, 2.05) is 29.1 Å². The lowest BCUT2D eigenvalue weighted by molar-refractivity contribution is -0.138. The van der Waals surface area contributed by atoms with Gasteiger partial charge < -0.3 is 20.6 Å². The van der Waals surface area contributed by atoms with Crippen molar-refractivity contribution in [3.63, 3.8) is 0 Å². The molecule has 2 aromatic rings. The summed E-state index contributed by atoms with van der Waals surface area (Å²) in [5.41, 5.74) is 7.23. The smallest absolute Gasteiger partial charge is 0.320 e. The molecular formula is C15H17N7O2. The third-order valence-electron chi connectivity index (χ3n) is 3.72. The Bertz CT molecular complexity index is 738. The van der Waals surface area contributed by atoms with Gasteiger partial charge in [-0.15, -0.1) is 0 Å². The minimum atomic E-state index is -1.05. The van der Waals surface area contributed by atoms with Gasteiger partial charge in [-0.1, -0.05) is 0 Å². The van der Waals surface area contributed by atoms with Crippen molar-refractivity contribution in [1.82, 2.24) is 24.8 Å². The fraction of sp³-hybridized carbons (Fsp3) is 0.267. The van der Waals surface area contributed by atoms with Crippen LogP contribution in [-0.2, 0) is 4.79 Å². The molecule has 0 saturated carbocycles. The highest BCUT2D eigenvalue weighted by atomic mass is 16.4. The van der Waals surface area contributed by atoms with Crippen molar-refractivity contribution in [3.8, 4) is 0 Å². The summed E-state index contributed by atoms with van der Waals surface area (Å²) in [6.07, 6.45) is 7.98. The molecule has 24 heavy (non-hydrogen) atoms. The Balaban J connectivity index is 2.00. The fourth-order valence-electron chi connectivity index (χ4n) is 2.66. The van der Waals surface area contributed by atoms with Crippen LogP contribution in [-0.4, -0.2) is 49.0 Å². The van der Waals surface area contributed by atoms with E-state index >= 15 is 0 Å². The summed E-state index contributed by atoms with van der Waals surface area (Å²) in [7, 11) is 1.89. The van der Waals surface area contributed by atoms with E-state index in [9.17, 15) is 4.79 Å². The number of anilines is 1. The molecule has 2 unspecified atom stereocenters. The molecule has 3 rings (SSSR count). The van der Waals surface area contributed by atoms with E-state index in [0.29, 0.717) is 5.82 Å². The van der Waals surface area contributed by atoms with Crippen molar-refractivity contribution in [3.05, 3.63) is 54.8 Å². The van der Waals surface area contributed by atoms with Crippen molar-refractivity contribution in [2.75, 3.05) is 11.9 Å². The van der Waals surface area contributed by atoms with Gasteiger partial charge >= 0.3 is 5.97 Å². The molecule has 9 heteroatoms. The Morgan fingerprint density at radius 1 is 1.29 bits per heavy atom. The van der Waals surface area contributed by atoms with Gasteiger partial charge in [-0.3, -0.25) is 4.79 Å². The Morgan fingerprint density at radius 3 is 2.58 bits per heavy atom. The molecule has 124 valence electrons. The van der Waals surface area contributed by atoms with Crippen LogP contribution in [0.2, 0.25) is 0 Å². The largest absolute Gasteiger partial charge is 0.480 e. The number of hydrogen-bond acceptors (Lipinski definition) is 8. The lowest BCUT2D eigenvalue weighted by Crippen LogP contribution is -2.36. The van der Waals surface area contributed by atoms with E-state index in [2.05, 4.69) is 19.9 Å². The molecule has 2 atom stereocenters. The molecule has 0 fully saturated rings. The van der Waals surface area contributed by atoms with E-state index in [1.54, 1.807) is 18.5 Å². The van der Waals surface area contributed by atoms with Gasteiger partial charge in [-0.2, -0.15) is 0 Å². The van der Waals surface area contributed by atoms with Crippen LogP contribution < -0.4 is 10.6 Å². The molecule has 1 aliphatic heterocycles. The van der Waals surface area contributed by atoms with Gasteiger partial charge in [0.05, 0.1) is 5.69 Å². The Labute approximate surface area is 138 Å². The predicted molar refractivity (Wildman–Crippen MR) is 85.4 cm³/mol. The quantitative estimate of drug-likeness (QED) is 0.801. The van der Waals surface area contributed by atoms with E-state index in [4.69, 9.17) is 10.8 Å². The van der Waals surface area contributed by atoms with Gasteiger partial charge in [0, 0.05) is 37.8 Å². The average molecular weight is 327 g/mol. The van der Waals surface area contributed by atoms with Crippen molar-refractivity contribution < 1.29 is 9.90 Å². The number of nitrogens with two attached hydrogens (primary N) is 1. The standard InChI is InChI=1S/C15H17N7O2/c1-21-7-10(6-11(16)15(23)24)22(13-3-5-18-9-20-13)14(21)12-2-4-17-8-19-12/h2-5,7-9,11,14H,6,16H2,1H3,(H,23,24). The van der Waals surface area contributed by atoms with Crippen LogP contribution in [0.25, 0.3) is 0 Å². The second-order valence-corrected chi connectivity index (χ2v) is 5.38. The molecule has 2 aromatic heterocycles. The minimum Gasteiger partial charge on any atom is -0.480 e. The van der Waals surface area contributed by atoms with Gasteiger partial charge in [-0.25, -0.2) is 19.9 Å². The number of rotatable bonds is 5. The lowest BCUT2D eigenvalue weighted by atomic mass is 10.1. The SMILES string of the molecule is CN1C=C(CC(N)C(=O)O)N(c2ccncn2)C1c1ccncn1. The molecule has 0 saturated heterocycles. The van der Waals surface area contributed by atoms with E-state index in [-0.39, 0.29) is 12.6 Å². The van der Waals surface area contributed by atoms with Gasteiger partial charge in [-0.05, 0) is 12.1 Å². The zero-order chi connectivity index (χ0) is 17.1. The van der Waals surface area contributed by atoms with Crippen LogP contribution in [0.1, 0.15) is 18.3 Å². The first-order chi connectivity index (χ1) is 11.6. The Kier molecular flexibility index (Phi) is 4.34. The number of carboxylic acid groups (broad SMARTS) is 1. The molecule has 0 aromatic carbocycles. The topological polar surface area (TPSA) is 121 Å². The number of carbonyl (C=O) groups is 1. The summed E-state index contributed by atoms with van der Waals surface area (Å²) in [4.78, 5) is 31.5. The third-order valence-corrected chi connectivity index (χ3v) is 3.72. The number of aliphatic carboxylic acids is 1. The lowest BCUT2D eigenvalue weighted by Gasteiger charge is -2.31.